The molecule has 0 spiro atoms. The molecule has 1 aliphatic carbocycles. The van der Waals surface area contributed by atoms with Crippen LogP contribution in [0.3, 0.4) is 0 Å². The molecule has 94 valence electrons. The predicted octanol–water partition coefficient (Wildman–Crippen LogP) is 1.01. The van der Waals surface area contributed by atoms with Gasteiger partial charge in [-0.05, 0) is 25.8 Å². The topological polar surface area (TPSA) is 41.6 Å². The Morgan fingerprint density at radius 1 is 1.50 bits per heavy atom. The van der Waals surface area contributed by atoms with E-state index in [0.717, 1.165) is 25.8 Å². The Balaban J connectivity index is 1.92. The molecule has 0 saturated heterocycles. The number of hydrogen-bond acceptors (Lipinski definition) is 3. The van der Waals surface area contributed by atoms with Crippen molar-refractivity contribution in [1.29, 1.82) is 0 Å². The van der Waals surface area contributed by atoms with Crippen LogP contribution >= 0.6 is 0 Å². The van der Waals surface area contributed by atoms with Gasteiger partial charge in [-0.2, -0.15) is 0 Å². The molecule has 0 unspecified atom stereocenters. The molecular formula is C12H24N2O2. The van der Waals surface area contributed by atoms with E-state index in [-0.39, 0.29) is 12.5 Å². The fraction of sp³-hybridized carbons (Fsp3) is 0.917. The summed E-state index contributed by atoms with van der Waals surface area (Å²) in [4.78, 5) is 13.4. The SMILES string of the molecule is CC(C)NCCCOCC(=O)N(C)C1CC1. The van der Waals surface area contributed by atoms with Gasteiger partial charge in [-0.15, -0.1) is 0 Å². The van der Waals surface area contributed by atoms with Crippen LogP contribution in [0, 0.1) is 0 Å². The number of rotatable bonds is 8. The van der Waals surface area contributed by atoms with Crippen molar-refractivity contribution in [2.24, 2.45) is 0 Å². The zero-order chi connectivity index (χ0) is 12.0. The van der Waals surface area contributed by atoms with Gasteiger partial charge in [0, 0.05) is 25.7 Å². The monoisotopic (exact) mass is 228 g/mol. The number of carbonyl (C=O) groups excluding carboxylic acids is 1. The van der Waals surface area contributed by atoms with Gasteiger partial charge in [0.25, 0.3) is 0 Å². The summed E-state index contributed by atoms with van der Waals surface area (Å²) >= 11 is 0. The van der Waals surface area contributed by atoms with E-state index in [4.69, 9.17) is 4.74 Å². The predicted molar refractivity (Wildman–Crippen MR) is 64.4 cm³/mol. The van der Waals surface area contributed by atoms with Crippen molar-refractivity contribution < 1.29 is 9.53 Å². The standard InChI is InChI=1S/C12H24N2O2/c1-10(2)13-7-4-8-16-9-12(15)14(3)11-5-6-11/h10-11,13H,4-9H2,1-3H3. The minimum atomic E-state index is 0.110. The Bertz CT molecular complexity index is 215. The molecule has 1 aliphatic rings. The number of ether oxygens (including phenoxy) is 1. The highest BCUT2D eigenvalue weighted by Gasteiger charge is 2.29. The molecule has 16 heavy (non-hydrogen) atoms. The third kappa shape index (κ3) is 5.47. The van der Waals surface area contributed by atoms with E-state index in [0.29, 0.717) is 18.7 Å². The van der Waals surface area contributed by atoms with Gasteiger partial charge in [-0.1, -0.05) is 13.8 Å². The second-order valence-corrected chi connectivity index (χ2v) is 4.75. The Kier molecular flexibility index (Phi) is 5.77. The first-order valence-electron chi connectivity index (χ1n) is 6.18. The second kappa shape index (κ2) is 6.86. The lowest BCUT2D eigenvalue weighted by Gasteiger charge is -2.16. The Morgan fingerprint density at radius 3 is 2.75 bits per heavy atom. The molecular weight excluding hydrogens is 204 g/mol. The van der Waals surface area contributed by atoms with E-state index in [1.165, 1.54) is 0 Å². The van der Waals surface area contributed by atoms with E-state index >= 15 is 0 Å². The van der Waals surface area contributed by atoms with Gasteiger partial charge in [-0.25, -0.2) is 0 Å². The van der Waals surface area contributed by atoms with E-state index in [2.05, 4.69) is 19.2 Å². The number of likely N-dealkylation sites (N-methyl/N-ethyl adjacent to an activating group) is 1. The van der Waals surface area contributed by atoms with Crippen LogP contribution < -0.4 is 5.32 Å². The fourth-order valence-electron chi connectivity index (χ4n) is 1.49. The van der Waals surface area contributed by atoms with Crippen molar-refractivity contribution in [2.45, 2.75) is 45.2 Å². The van der Waals surface area contributed by atoms with Crippen LogP contribution in [0.1, 0.15) is 33.1 Å². The van der Waals surface area contributed by atoms with Crippen molar-refractivity contribution in [1.82, 2.24) is 10.2 Å². The molecule has 0 atom stereocenters. The van der Waals surface area contributed by atoms with E-state index in [1.807, 2.05) is 11.9 Å². The number of nitrogens with zero attached hydrogens (tertiary/aromatic N) is 1. The molecule has 0 aromatic heterocycles. The van der Waals surface area contributed by atoms with Crippen LogP contribution in [0.5, 0.6) is 0 Å². The Hall–Kier alpha value is -0.610. The van der Waals surface area contributed by atoms with Gasteiger partial charge in [0.2, 0.25) is 5.91 Å². The maximum absolute atomic E-state index is 11.6. The Labute approximate surface area is 98.3 Å². The highest BCUT2D eigenvalue weighted by molar-refractivity contribution is 5.77. The first-order chi connectivity index (χ1) is 7.61. The van der Waals surface area contributed by atoms with Crippen molar-refractivity contribution in [3.8, 4) is 0 Å². The quantitative estimate of drug-likeness (QED) is 0.630. The lowest BCUT2D eigenvalue weighted by molar-refractivity contribution is -0.135. The molecule has 0 radical (unpaired) electrons. The van der Waals surface area contributed by atoms with Crippen LogP contribution in [-0.4, -0.2) is 49.7 Å². The summed E-state index contributed by atoms with van der Waals surface area (Å²) in [5.74, 6) is 0.110. The summed E-state index contributed by atoms with van der Waals surface area (Å²) in [6.45, 7) is 6.08. The van der Waals surface area contributed by atoms with Gasteiger partial charge in [0.1, 0.15) is 6.61 Å². The minimum absolute atomic E-state index is 0.110. The molecule has 1 rings (SSSR count). The van der Waals surface area contributed by atoms with Gasteiger partial charge in [-0.3, -0.25) is 4.79 Å². The summed E-state index contributed by atoms with van der Waals surface area (Å²) < 4.78 is 5.35. The van der Waals surface area contributed by atoms with Crippen LogP contribution in [0.4, 0.5) is 0 Å². The van der Waals surface area contributed by atoms with E-state index < -0.39 is 0 Å². The molecule has 1 amide bonds. The van der Waals surface area contributed by atoms with Crippen LogP contribution in [0.25, 0.3) is 0 Å². The maximum atomic E-state index is 11.6. The number of hydrogen-bond donors (Lipinski definition) is 1. The smallest absolute Gasteiger partial charge is 0.248 e. The first-order valence-corrected chi connectivity index (χ1v) is 6.18. The Morgan fingerprint density at radius 2 is 2.19 bits per heavy atom. The molecule has 0 aromatic rings. The zero-order valence-corrected chi connectivity index (χ0v) is 10.7. The van der Waals surface area contributed by atoms with Crippen molar-refractivity contribution >= 4 is 5.91 Å². The van der Waals surface area contributed by atoms with Crippen LogP contribution in [-0.2, 0) is 9.53 Å². The third-order valence-corrected chi connectivity index (χ3v) is 2.73. The van der Waals surface area contributed by atoms with E-state index in [9.17, 15) is 4.79 Å². The number of amides is 1. The molecule has 0 aromatic carbocycles. The number of carbonyl (C=O) groups is 1. The molecule has 0 aliphatic heterocycles. The van der Waals surface area contributed by atoms with E-state index in [1.54, 1.807) is 0 Å². The first kappa shape index (κ1) is 13.5. The van der Waals surface area contributed by atoms with Gasteiger partial charge in [0.15, 0.2) is 0 Å². The summed E-state index contributed by atoms with van der Waals surface area (Å²) in [6, 6.07) is 1.00. The zero-order valence-electron chi connectivity index (χ0n) is 10.7. The van der Waals surface area contributed by atoms with Crippen LogP contribution in [0.2, 0.25) is 0 Å². The highest BCUT2D eigenvalue weighted by Crippen LogP contribution is 2.25. The normalized spacial score (nSPS) is 15.5. The second-order valence-electron chi connectivity index (χ2n) is 4.75. The maximum Gasteiger partial charge on any atom is 0.248 e. The average molecular weight is 228 g/mol. The average Bonchev–Trinajstić information content (AvgIpc) is 3.05. The molecule has 0 bridgehead atoms. The third-order valence-electron chi connectivity index (χ3n) is 2.73. The highest BCUT2D eigenvalue weighted by atomic mass is 16.5. The van der Waals surface area contributed by atoms with Gasteiger partial charge < -0.3 is 15.0 Å². The fourth-order valence-corrected chi connectivity index (χ4v) is 1.49. The summed E-state index contributed by atoms with van der Waals surface area (Å²) in [7, 11) is 1.86. The summed E-state index contributed by atoms with van der Waals surface area (Å²) in [5, 5.41) is 3.31. The molecule has 1 saturated carbocycles. The van der Waals surface area contributed by atoms with Gasteiger partial charge >= 0.3 is 0 Å². The lowest BCUT2D eigenvalue weighted by Crippen LogP contribution is -2.32. The van der Waals surface area contributed by atoms with Crippen LogP contribution in [0.15, 0.2) is 0 Å². The molecule has 4 heteroatoms. The lowest BCUT2D eigenvalue weighted by atomic mass is 10.3. The molecule has 4 nitrogen and oxygen atoms in total. The largest absolute Gasteiger partial charge is 0.372 e. The summed E-state index contributed by atoms with van der Waals surface area (Å²) in [5.41, 5.74) is 0. The minimum Gasteiger partial charge on any atom is -0.372 e. The van der Waals surface area contributed by atoms with Gasteiger partial charge in [0.05, 0.1) is 0 Å². The van der Waals surface area contributed by atoms with Crippen molar-refractivity contribution in [2.75, 3.05) is 26.8 Å². The van der Waals surface area contributed by atoms with Crippen molar-refractivity contribution in [3.05, 3.63) is 0 Å². The molecule has 0 heterocycles. The number of nitrogens with one attached hydrogen (secondary N) is 1. The molecule has 1 N–H and O–H groups in total. The van der Waals surface area contributed by atoms with Crippen molar-refractivity contribution in [3.63, 3.8) is 0 Å². The molecule has 1 fully saturated rings. The summed E-state index contributed by atoms with van der Waals surface area (Å²) in [6.07, 6.45) is 3.26.